The fourth-order valence-electron chi connectivity index (χ4n) is 3.93. The van der Waals surface area contributed by atoms with Crippen LogP contribution in [0, 0.1) is 0 Å². The van der Waals surface area contributed by atoms with Crippen LogP contribution >= 0.6 is 0 Å². The van der Waals surface area contributed by atoms with Crippen molar-refractivity contribution < 1.29 is 0 Å². The maximum atomic E-state index is 6.44. The first-order chi connectivity index (χ1) is 10.3. The van der Waals surface area contributed by atoms with E-state index in [0.29, 0.717) is 6.04 Å². The van der Waals surface area contributed by atoms with E-state index in [1.54, 1.807) is 0 Å². The lowest BCUT2D eigenvalue weighted by Gasteiger charge is -2.33. The smallest absolute Gasteiger partial charge is 0.0514 e. The summed E-state index contributed by atoms with van der Waals surface area (Å²) in [7, 11) is 0. The molecule has 4 heteroatoms. The minimum absolute atomic E-state index is 0.187. The van der Waals surface area contributed by atoms with Gasteiger partial charge in [-0.1, -0.05) is 13.0 Å². The van der Waals surface area contributed by atoms with Crippen molar-refractivity contribution in [3.8, 4) is 0 Å². The Labute approximate surface area is 128 Å². The monoisotopic (exact) mass is 288 g/mol. The quantitative estimate of drug-likeness (QED) is 0.900. The van der Waals surface area contributed by atoms with Gasteiger partial charge in [0.25, 0.3) is 0 Å². The maximum Gasteiger partial charge on any atom is 0.0514 e. The normalized spacial score (nSPS) is 27.0. The van der Waals surface area contributed by atoms with E-state index < -0.39 is 0 Å². The van der Waals surface area contributed by atoms with Crippen LogP contribution in [0.15, 0.2) is 24.5 Å². The summed E-state index contributed by atoms with van der Waals surface area (Å²) in [6, 6.07) is 5.44. The highest BCUT2D eigenvalue weighted by Gasteiger charge is 2.35. The van der Waals surface area contributed by atoms with Gasteiger partial charge in [0.05, 0.1) is 6.04 Å². The van der Waals surface area contributed by atoms with Gasteiger partial charge >= 0.3 is 0 Å². The summed E-state index contributed by atoms with van der Waals surface area (Å²) in [5, 5.41) is 0. The summed E-state index contributed by atoms with van der Waals surface area (Å²) in [5.41, 5.74) is 7.72. The second-order valence-electron chi connectivity index (χ2n) is 6.48. The van der Waals surface area contributed by atoms with Gasteiger partial charge in [0.15, 0.2) is 0 Å². The highest BCUT2D eigenvalue weighted by molar-refractivity contribution is 5.17. The van der Waals surface area contributed by atoms with Gasteiger partial charge in [-0.25, -0.2) is 0 Å². The van der Waals surface area contributed by atoms with E-state index >= 15 is 0 Å². The molecular weight excluding hydrogens is 260 g/mol. The highest BCUT2D eigenvalue weighted by Crippen LogP contribution is 2.30. The second kappa shape index (κ2) is 6.86. The molecule has 2 aliphatic heterocycles. The largest absolute Gasteiger partial charge is 0.326 e. The molecule has 3 atom stereocenters. The number of likely N-dealkylation sites (tertiary alicyclic amines) is 2. The summed E-state index contributed by atoms with van der Waals surface area (Å²) in [5.74, 6) is 0. The fourth-order valence-corrected chi connectivity index (χ4v) is 3.93. The number of hydrogen-bond donors (Lipinski definition) is 1. The molecule has 2 aliphatic rings. The van der Waals surface area contributed by atoms with Gasteiger partial charge in [-0.15, -0.1) is 0 Å². The average molecular weight is 288 g/mol. The van der Waals surface area contributed by atoms with Crippen LogP contribution in [0.1, 0.15) is 44.2 Å². The molecule has 4 nitrogen and oxygen atoms in total. The Hall–Kier alpha value is -0.970. The van der Waals surface area contributed by atoms with E-state index in [1.165, 1.54) is 37.9 Å². The third-order valence-corrected chi connectivity index (χ3v) is 5.15. The third kappa shape index (κ3) is 3.28. The number of nitrogens with zero attached hydrogens (tertiary/aromatic N) is 3. The molecule has 3 unspecified atom stereocenters. The van der Waals surface area contributed by atoms with Crippen LogP contribution in [0.25, 0.3) is 0 Å². The topological polar surface area (TPSA) is 45.4 Å². The van der Waals surface area contributed by atoms with Gasteiger partial charge in [-0.2, -0.15) is 0 Å². The van der Waals surface area contributed by atoms with Crippen LogP contribution in [0.2, 0.25) is 0 Å². The zero-order chi connectivity index (χ0) is 14.7. The SMILES string of the molecule is CCC(N)C(c1cccnc1)N1CCC(N2CCCC2)C1. The molecule has 0 spiro atoms. The lowest BCUT2D eigenvalue weighted by atomic mass is 9.98. The molecule has 0 saturated carbocycles. The Morgan fingerprint density at radius 2 is 2.14 bits per heavy atom. The summed E-state index contributed by atoms with van der Waals surface area (Å²) < 4.78 is 0. The van der Waals surface area contributed by atoms with Crippen molar-refractivity contribution in [3.63, 3.8) is 0 Å². The molecule has 3 rings (SSSR count). The number of nitrogens with two attached hydrogens (primary N) is 1. The number of rotatable bonds is 5. The third-order valence-electron chi connectivity index (χ3n) is 5.15. The molecule has 1 aromatic heterocycles. The van der Waals surface area contributed by atoms with Crippen LogP contribution in [0.3, 0.4) is 0 Å². The van der Waals surface area contributed by atoms with Crippen LogP contribution < -0.4 is 5.73 Å². The number of aromatic nitrogens is 1. The van der Waals surface area contributed by atoms with E-state index in [4.69, 9.17) is 5.73 Å². The first kappa shape index (κ1) is 14.9. The predicted octanol–water partition coefficient (Wildman–Crippen LogP) is 2.03. The van der Waals surface area contributed by atoms with Gasteiger partial charge in [-0.05, 0) is 50.4 Å². The van der Waals surface area contributed by atoms with E-state index in [9.17, 15) is 0 Å². The summed E-state index contributed by atoms with van der Waals surface area (Å²) in [4.78, 5) is 9.57. The lowest BCUT2D eigenvalue weighted by molar-refractivity contribution is 0.179. The van der Waals surface area contributed by atoms with Gasteiger partial charge in [0.1, 0.15) is 0 Å². The van der Waals surface area contributed by atoms with Gasteiger partial charge in [0.2, 0.25) is 0 Å². The highest BCUT2D eigenvalue weighted by atomic mass is 15.3. The molecular formula is C17H28N4. The molecule has 0 bridgehead atoms. The van der Waals surface area contributed by atoms with Crippen LogP contribution in [0.5, 0.6) is 0 Å². The molecule has 1 aromatic rings. The average Bonchev–Trinajstić information content (AvgIpc) is 3.19. The molecule has 116 valence electrons. The Morgan fingerprint density at radius 1 is 1.33 bits per heavy atom. The van der Waals surface area contributed by atoms with Crippen LogP contribution in [-0.4, -0.2) is 53.0 Å². The zero-order valence-electron chi connectivity index (χ0n) is 13.1. The first-order valence-corrected chi connectivity index (χ1v) is 8.43. The van der Waals surface area contributed by atoms with E-state index in [2.05, 4.69) is 27.8 Å². The van der Waals surface area contributed by atoms with Crippen molar-refractivity contribution in [2.45, 2.75) is 50.7 Å². The zero-order valence-corrected chi connectivity index (χ0v) is 13.1. The molecule has 21 heavy (non-hydrogen) atoms. The second-order valence-corrected chi connectivity index (χ2v) is 6.48. The Morgan fingerprint density at radius 3 is 2.81 bits per heavy atom. The van der Waals surface area contributed by atoms with Crippen LogP contribution in [-0.2, 0) is 0 Å². The van der Waals surface area contributed by atoms with E-state index in [1.807, 2.05) is 18.5 Å². The van der Waals surface area contributed by atoms with E-state index in [0.717, 1.165) is 25.6 Å². The Balaban J connectivity index is 1.72. The lowest BCUT2D eigenvalue weighted by Crippen LogP contribution is -2.42. The number of pyridine rings is 1. The maximum absolute atomic E-state index is 6.44. The van der Waals surface area contributed by atoms with Crippen molar-refractivity contribution in [1.82, 2.24) is 14.8 Å². The fraction of sp³-hybridized carbons (Fsp3) is 0.706. The molecule has 0 aromatic carbocycles. The molecule has 2 N–H and O–H groups in total. The summed E-state index contributed by atoms with van der Waals surface area (Å²) in [6.45, 7) is 7.08. The van der Waals surface area contributed by atoms with Gasteiger partial charge in [0, 0.05) is 37.6 Å². The predicted molar refractivity (Wildman–Crippen MR) is 86.0 cm³/mol. The van der Waals surface area contributed by atoms with Crippen LogP contribution in [0.4, 0.5) is 0 Å². The first-order valence-electron chi connectivity index (χ1n) is 8.43. The molecule has 0 amide bonds. The Kier molecular flexibility index (Phi) is 4.88. The van der Waals surface area contributed by atoms with Crippen molar-refractivity contribution >= 4 is 0 Å². The number of hydrogen-bond acceptors (Lipinski definition) is 4. The van der Waals surface area contributed by atoms with Gasteiger partial charge < -0.3 is 5.73 Å². The summed E-state index contributed by atoms with van der Waals surface area (Å²) >= 11 is 0. The van der Waals surface area contributed by atoms with E-state index in [-0.39, 0.29) is 6.04 Å². The summed E-state index contributed by atoms with van der Waals surface area (Å²) in [6.07, 6.45) is 8.87. The molecule has 3 heterocycles. The molecule has 0 radical (unpaired) electrons. The Bertz CT molecular complexity index is 430. The van der Waals surface area contributed by atoms with Crippen molar-refractivity contribution in [3.05, 3.63) is 30.1 Å². The molecule has 2 saturated heterocycles. The van der Waals surface area contributed by atoms with Crippen molar-refractivity contribution in [1.29, 1.82) is 0 Å². The standard InChI is InChI=1S/C17H28N4/c1-2-16(18)17(14-6-5-8-19-12-14)21-11-7-15(13-21)20-9-3-4-10-20/h5-6,8,12,15-17H,2-4,7,9-11,13,18H2,1H3. The minimum atomic E-state index is 0.187. The molecule has 2 fully saturated rings. The minimum Gasteiger partial charge on any atom is -0.326 e. The molecule has 0 aliphatic carbocycles. The van der Waals surface area contributed by atoms with Crippen molar-refractivity contribution in [2.75, 3.05) is 26.2 Å². The van der Waals surface area contributed by atoms with Crippen molar-refractivity contribution in [2.24, 2.45) is 5.73 Å². The van der Waals surface area contributed by atoms with Gasteiger partial charge in [-0.3, -0.25) is 14.8 Å².